The number of rotatable bonds is 6. The normalized spacial score (nSPS) is 11.9. The van der Waals surface area contributed by atoms with E-state index >= 15 is 0 Å². The molecule has 0 aliphatic heterocycles. The van der Waals surface area contributed by atoms with E-state index in [0.717, 1.165) is 17.7 Å². The second-order valence-corrected chi connectivity index (χ2v) is 3.93. The summed E-state index contributed by atoms with van der Waals surface area (Å²) in [5.74, 6) is 0.801. The SMILES string of the molecule is CCC(CN)NC(=O)Cc1ccc(OC)cc1. The number of nitrogens with one attached hydrogen (secondary N) is 1. The Balaban J connectivity index is 2.49. The third-order valence-electron chi connectivity index (χ3n) is 2.67. The molecule has 0 aliphatic carbocycles. The fourth-order valence-corrected chi connectivity index (χ4v) is 1.54. The quantitative estimate of drug-likeness (QED) is 0.777. The van der Waals surface area contributed by atoms with Gasteiger partial charge in [0.1, 0.15) is 5.75 Å². The Kier molecular flexibility index (Phi) is 5.49. The molecule has 4 nitrogen and oxygen atoms in total. The van der Waals surface area contributed by atoms with Crippen molar-refractivity contribution in [2.75, 3.05) is 13.7 Å². The average Bonchev–Trinajstić information content (AvgIpc) is 2.37. The summed E-state index contributed by atoms with van der Waals surface area (Å²) in [5, 5.41) is 2.90. The lowest BCUT2D eigenvalue weighted by atomic mass is 10.1. The molecule has 0 saturated carbocycles. The number of carbonyl (C=O) groups excluding carboxylic acids is 1. The van der Waals surface area contributed by atoms with Crippen LogP contribution < -0.4 is 15.8 Å². The Labute approximate surface area is 102 Å². The van der Waals surface area contributed by atoms with Crippen LogP contribution in [0.4, 0.5) is 0 Å². The lowest BCUT2D eigenvalue weighted by Gasteiger charge is -2.14. The van der Waals surface area contributed by atoms with E-state index in [2.05, 4.69) is 5.32 Å². The Morgan fingerprint density at radius 3 is 2.53 bits per heavy atom. The van der Waals surface area contributed by atoms with Crippen molar-refractivity contribution >= 4 is 5.91 Å². The number of ether oxygens (including phenoxy) is 1. The van der Waals surface area contributed by atoms with Crippen molar-refractivity contribution in [2.45, 2.75) is 25.8 Å². The molecule has 0 fully saturated rings. The topological polar surface area (TPSA) is 64.3 Å². The number of benzene rings is 1. The highest BCUT2D eigenvalue weighted by atomic mass is 16.5. The predicted molar refractivity (Wildman–Crippen MR) is 68.0 cm³/mol. The first-order valence-corrected chi connectivity index (χ1v) is 5.82. The maximum atomic E-state index is 11.7. The summed E-state index contributed by atoms with van der Waals surface area (Å²) < 4.78 is 5.06. The molecule has 0 aliphatic rings. The highest BCUT2D eigenvalue weighted by Crippen LogP contribution is 2.11. The van der Waals surface area contributed by atoms with Crippen LogP contribution in [0, 0.1) is 0 Å². The molecule has 4 heteroatoms. The van der Waals surface area contributed by atoms with E-state index in [1.807, 2.05) is 31.2 Å². The van der Waals surface area contributed by atoms with Gasteiger partial charge >= 0.3 is 0 Å². The Bertz CT molecular complexity index is 345. The molecule has 1 amide bonds. The number of methoxy groups -OCH3 is 1. The minimum absolute atomic E-state index is 0.00691. The van der Waals surface area contributed by atoms with Gasteiger partial charge in [0.05, 0.1) is 13.5 Å². The van der Waals surface area contributed by atoms with Crippen LogP contribution in [0.3, 0.4) is 0 Å². The van der Waals surface area contributed by atoms with Gasteiger partial charge in [-0.05, 0) is 24.1 Å². The Hall–Kier alpha value is -1.55. The highest BCUT2D eigenvalue weighted by Gasteiger charge is 2.08. The zero-order valence-corrected chi connectivity index (χ0v) is 10.4. The first-order chi connectivity index (χ1) is 8.19. The van der Waals surface area contributed by atoms with Crippen LogP contribution >= 0.6 is 0 Å². The van der Waals surface area contributed by atoms with Crippen LogP contribution in [0.15, 0.2) is 24.3 Å². The van der Waals surface area contributed by atoms with Crippen LogP contribution in [0.5, 0.6) is 5.75 Å². The molecule has 0 heterocycles. The standard InChI is InChI=1S/C13H20N2O2/c1-3-11(9-14)15-13(16)8-10-4-6-12(17-2)7-5-10/h4-7,11H,3,8-9,14H2,1-2H3,(H,15,16). The van der Waals surface area contributed by atoms with Gasteiger partial charge in [-0.25, -0.2) is 0 Å². The monoisotopic (exact) mass is 236 g/mol. The van der Waals surface area contributed by atoms with E-state index in [1.54, 1.807) is 7.11 Å². The van der Waals surface area contributed by atoms with Gasteiger partial charge in [0.25, 0.3) is 0 Å². The summed E-state index contributed by atoms with van der Waals surface area (Å²) in [6, 6.07) is 7.55. The van der Waals surface area contributed by atoms with E-state index in [9.17, 15) is 4.79 Å². The zero-order valence-electron chi connectivity index (χ0n) is 10.4. The molecular weight excluding hydrogens is 216 g/mol. The van der Waals surface area contributed by atoms with Crippen molar-refractivity contribution in [2.24, 2.45) is 5.73 Å². The molecule has 0 saturated heterocycles. The lowest BCUT2D eigenvalue weighted by molar-refractivity contribution is -0.121. The van der Waals surface area contributed by atoms with Gasteiger partial charge in [-0.2, -0.15) is 0 Å². The molecule has 1 unspecified atom stereocenters. The smallest absolute Gasteiger partial charge is 0.224 e. The van der Waals surface area contributed by atoms with Crippen molar-refractivity contribution in [1.29, 1.82) is 0 Å². The molecule has 0 aromatic heterocycles. The number of hydrogen-bond donors (Lipinski definition) is 2. The summed E-state index contributed by atoms with van der Waals surface area (Å²) in [4.78, 5) is 11.7. The molecule has 1 atom stereocenters. The molecule has 1 rings (SSSR count). The van der Waals surface area contributed by atoms with E-state index in [4.69, 9.17) is 10.5 Å². The maximum absolute atomic E-state index is 11.7. The van der Waals surface area contributed by atoms with E-state index in [1.165, 1.54) is 0 Å². The van der Waals surface area contributed by atoms with Crippen molar-refractivity contribution < 1.29 is 9.53 Å². The Morgan fingerprint density at radius 1 is 1.41 bits per heavy atom. The van der Waals surface area contributed by atoms with Crippen molar-refractivity contribution in [1.82, 2.24) is 5.32 Å². The second kappa shape index (κ2) is 6.91. The highest BCUT2D eigenvalue weighted by molar-refractivity contribution is 5.78. The number of hydrogen-bond acceptors (Lipinski definition) is 3. The zero-order chi connectivity index (χ0) is 12.7. The average molecular weight is 236 g/mol. The van der Waals surface area contributed by atoms with Gasteiger partial charge in [0.2, 0.25) is 5.91 Å². The third kappa shape index (κ3) is 4.44. The van der Waals surface area contributed by atoms with Crippen LogP contribution in [0.1, 0.15) is 18.9 Å². The second-order valence-electron chi connectivity index (χ2n) is 3.93. The van der Waals surface area contributed by atoms with Gasteiger partial charge in [-0.3, -0.25) is 4.79 Å². The molecule has 1 aromatic rings. The number of carbonyl (C=O) groups is 1. The summed E-state index contributed by atoms with van der Waals surface area (Å²) in [6.07, 6.45) is 1.23. The van der Waals surface area contributed by atoms with Gasteiger partial charge in [-0.1, -0.05) is 19.1 Å². The molecule has 17 heavy (non-hydrogen) atoms. The van der Waals surface area contributed by atoms with Gasteiger partial charge in [0.15, 0.2) is 0 Å². The van der Waals surface area contributed by atoms with Crippen molar-refractivity contribution in [3.05, 3.63) is 29.8 Å². The number of nitrogens with two attached hydrogens (primary N) is 1. The summed E-state index contributed by atoms with van der Waals surface area (Å²) in [5.41, 5.74) is 6.50. The molecule has 1 aromatic carbocycles. The minimum atomic E-state index is 0.00691. The lowest BCUT2D eigenvalue weighted by Crippen LogP contribution is -2.40. The summed E-state index contributed by atoms with van der Waals surface area (Å²) in [6.45, 7) is 2.48. The van der Waals surface area contributed by atoms with E-state index < -0.39 is 0 Å². The minimum Gasteiger partial charge on any atom is -0.497 e. The molecule has 3 N–H and O–H groups in total. The summed E-state index contributed by atoms with van der Waals surface area (Å²) >= 11 is 0. The van der Waals surface area contributed by atoms with Gasteiger partial charge in [-0.15, -0.1) is 0 Å². The Morgan fingerprint density at radius 2 is 2.06 bits per heavy atom. The van der Waals surface area contributed by atoms with Crippen LogP contribution in [-0.2, 0) is 11.2 Å². The molecule has 94 valence electrons. The first-order valence-electron chi connectivity index (χ1n) is 5.82. The predicted octanol–water partition coefficient (Wildman–Crippen LogP) is 1.09. The van der Waals surface area contributed by atoms with Crippen LogP contribution in [0.2, 0.25) is 0 Å². The van der Waals surface area contributed by atoms with Crippen molar-refractivity contribution in [3.8, 4) is 5.75 Å². The molecule has 0 spiro atoms. The summed E-state index contributed by atoms with van der Waals surface area (Å²) in [7, 11) is 1.62. The number of amides is 1. The van der Waals surface area contributed by atoms with Crippen molar-refractivity contribution in [3.63, 3.8) is 0 Å². The fraction of sp³-hybridized carbons (Fsp3) is 0.462. The largest absolute Gasteiger partial charge is 0.497 e. The van der Waals surface area contributed by atoms with Crippen LogP contribution in [-0.4, -0.2) is 25.6 Å². The maximum Gasteiger partial charge on any atom is 0.224 e. The van der Waals surface area contributed by atoms with Crippen LogP contribution in [0.25, 0.3) is 0 Å². The molecule has 0 radical (unpaired) electrons. The van der Waals surface area contributed by atoms with E-state index in [0.29, 0.717) is 13.0 Å². The van der Waals surface area contributed by atoms with Gasteiger partial charge < -0.3 is 15.8 Å². The molecule has 0 bridgehead atoms. The van der Waals surface area contributed by atoms with Gasteiger partial charge in [0, 0.05) is 12.6 Å². The first kappa shape index (κ1) is 13.5. The fourth-order valence-electron chi connectivity index (χ4n) is 1.54. The third-order valence-corrected chi connectivity index (χ3v) is 2.67. The van der Waals surface area contributed by atoms with E-state index in [-0.39, 0.29) is 11.9 Å². The molecular formula is C13H20N2O2.